The summed E-state index contributed by atoms with van der Waals surface area (Å²) in [6, 6.07) is 9.98. The van der Waals surface area contributed by atoms with Crippen molar-refractivity contribution in [3.05, 3.63) is 85.2 Å². The molecule has 40 heavy (non-hydrogen) atoms. The standard InChI is InChI=1S/C26H28F3N3O.C6H13N/c1-3-31-24(33)26(30-2)15-19-14-25(28,29)12-11-22(19)23(26)10-9-21-8-7-18(16-32-21)17-5-4-6-20(27)13-17;1-5-7(4)6(2)3/h3-10,13,16,19,22-23,30H,1,11-12,14-15H2,2H3,(H,31,33);2,5H2,1,3-4H3/b10-9+;. The lowest BCUT2D eigenvalue weighted by Crippen LogP contribution is -2.57. The van der Waals surface area contributed by atoms with E-state index in [1.807, 2.05) is 44.3 Å². The van der Waals surface area contributed by atoms with Crippen molar-refractivity contribution >= 4 is 12.0 Å². The number of fused-ring (bicyclic) bond motifs is 1. The number of hydrogen-bond donors (Lipinski definition) is 2. The van der Waals surface area contributed by atoms with Crippen molar-refractivity contribution in [3.63, 3.8) is 0 Å². The van der Waals surface area contributed by atoms with Crippen LogP contribution in [-0.4, -0.2) is 47.9 Å². The SMILES string of the molecule is C=C(C)N(C)CC.C=CNC(=O)C1(NC)CC2CC(F)(F)CCC2C1/C=C/c1ccc(-c2cccc(F)c2)cn1. The molecule has 4 atom stereocenters. The summed E-state index contributed by atoms with van der Waals surface area (Å²) >= 11 is 0. The van der Waals surface area contributed by atoms with E-state index in [0.29, 0.717) is 18.5 Å². The van der Waals surface area contributed by atoms with Gasteiger partial charge in [-0.3, -0.25) is 9.78 Å². The zero-order valence-electron chi connectivity index (χ0n) is 23.9. The number of nitrogens with one attached hydrogen (secondary N) is 2. The summed E-state index contributed by atoms with van der Waals surface area (Å²) in [7, 11) is 3.73. The van der Waals surface area contributed by atoms with Crippen LogP contribution in [0, 0.1) is 23.6 Å². The summed E-state index contributed by atoms with van der Waals surface area (Å²) in [5, 5.41) is 5.82. The highest BCUT2D eigenvalue weighted by molar-refractivity contribution is 5.88. The molecule has 2 aromatic rings. The Kier molecular flexibility index (Phi) is 10.4. The summed E-state index contributed by atoms with van der Waals surface area (Å²) < 4.78 is 41.8. The van der Waals surface area contributed by atoms with Gasteiger partial charge in [0.1, 0.15) is 11.4 Å². The molecule has 0 aliphatic heterocycles. The fourth-order valence-corrected chi connectivity index (χ4v) is 5.83. The van der Waals surface area contributed by atoms with Crippen LogP contribution < -0.4 is 10.6 Å². The van der Waals surface area contributed by atoms with Crippen molar-refractivity contribution in [3.8, 4) is 11.1 Å². The Hall–Kier alpha value is -3.39. The van der Waals surface area contributed by atoms with Gasteiger partial charge in [-0.1, -0.05) is 37.4 Å². The molecule has 0 saturated heterocycles. The number of hydrogen-bond acceptors (Lipinski definition) is 4. The van der Waals surface area contributed by atoms with Crippen molar-refractivity contribution < 1.29 is 18.0 Å². The molecule has 2 fully saturated rings. The zero-order valence-corrected chi connectivity index (χ0v) is 23.9. The van der Waals surface area contributed by atoms with Crippen LogP contribution in [0.5, 0.6) is 0 Å². The smallest absolute Gasteiger partial charge is 0.248 e. The lowest BCUT2D eigenvalue weighted by atomic mass is 9.75. The van der Waals surface area contributed by atoms with Gasteiger partial charge in [0.25, 0.3) is 0 Å². The van der Waals surface area contributed by atoms with E-state index in [0.717, 1.165) is 23.4 Å². The van der Waals surface area contributed by atoms with E-state index < -0.39 is 11.5 Å². The van der Waals surface area contributed by atoms with E-state index >= 15 is 0 Å². The first-order valence-corrected chi connectivity index (χ1v) is 13.7. The number of carbonyl (C=O) groups excluding carboxylic acids is 1. The molecule has 0 spiro atoms. The lowest BCUT2D eigenvalue weighted by Gasteiger charge is -2.35. The number of allylic oxidation sites excluding steroid dienone is 1. The van der Waals surface area contributed by atoms with Gasteiger partial charge < -0.3 is 15.5 Å². The number of nitrogens with zero attached hydrogens (tertiary/aromatic N) is 2. The third kappa shape index (κ3) is 7.22. The van der Waals surface area contributed by atoms with Gasteiger partial charge in [-0.15, -0.1) is 0 Å². The number of aromatic nitrogens is 1. The minimum absolute atomic E-state index is 0.0320. The molecule has 1 aromatic carbocycles. The molecule has 1 aromatic heterocycles. The largest absolute Gasteiger partial charge is 0.379 e. The van der Waals surface area contributed by atoms with Crippen molar-refractivity contribution in [2.24, 2.45) is 17.8 Å². The van der Waals surface area contributed by atoms with Crippen molar-refractivity contribution in [2.75, 3.05) is 20.6 Å². The number of benzene rings is 1. The normalized spacial score (nSPS) is 24.9. The Balaban J connectivity index is 0.000000559. The minimum atomic E-state index is -2.69. The molecule has 1 amide bonds. The first-order chi connectivity index (χ1) is 19.0. The average molecular weight is 555 g/mol. The summed E-state index contributed by atoms with van der Waals surface area (Å²) in [4.78, 5) is 19.6. The Labute approximate surface area is 236 Å². The summed E-state index contributed by atoms with van der Waals surface area (Å²) in [6.07, 6.45) is 7.09. The molecule has 8 heteroatoms. The number of pyridine rings is 1. The monoisotopic (exact) mass is 554 g/mol. The fourth-order valence-electron chi connectivity index (χ4n) is 5.83. The quantitative estimate of drug-likeness (QED) is 0.383. The Morgan fingerprint density at radius 2 is 1.98 bits per heavy atom. The van der Waals surface area contributed by atoms with Crippen LogP contribution >= 0.6 is 0 Å². The first-order valence-electron chi connectivity index (χ1n) is 13.7. The second-order valence-corrected chi connectivity index (χ2v) is 10.7. The van der Waals surface area contributed by atoms with Crippen molar-refractivity contribution in [1.82, 2.24) is 20.5 Å². The second-order valence-electron chi connectivity index (χ2n) is 10.7. The van der Waals surface area contributed by atoms with Crippen LogP contribution in [0.2, 0.25) is 0 Å². The average Bonchev–Trinajstić information content (AvgIpc) is 3.24. The highest BCUT2D eigenvalue weighted by atomic mass is 19.3. The Morgan fingerprint density at radius 3 is 2.52 bits per heavy atom. The van der Waals surface area contributed by atoms with Crippen LogP contribution in [0.4, 0.5) is 13.2 Å². The molecular weight excluding hydrogens is 513 g/mol. The van der Waals surface area contributed by atoms with Crippen LogP contribution in [0.25, 0.3) is 17.2 Å². The molecule has 2 saturated carbocycles. The van der Waals surface area contributed by atoms with Gasteiger partial charge in [0.15, 0.2) is 0 Å². The predicted molar refractivity (Wildman–Crippen MR) is 156 cm³/mol. The molecule has 4 unspecified atom stereocenters. The van der Waals surface area contributed by atoms with E-state index in [2.05, 4.69) is 40.6 Å². The van der Waals surface area contributed by atoms with Crippen molar-refractivity contribution in [1.29, 1.82) is 0 Å². The van der Waals surface area contributed by atoms with E-state index in [1.54, 1.807) is 19.3 Å². The summed E-state index contributed by atoms with van der Waals surface area (Å²) in [5.74, 6) is -3.82. The first kappa shape index (κ1) is 31.1. The maximum atomic E-state index is 14.1. The third-order valence-electron chi connectivity index (χ3n) is 8.25. The molecule has 2 aliphatic carbocycles. The lowest BCUT2D eigenvalue weighted by molar-refractivity contribution is -0.127. The molecular formula is C32H41F3N4O. The Bertz CT molecular complexity index is 1210. The van der Waals surface area contributed by atoms with Gasteiger partial charge in [0, 0.05) is 49.8 Å². The number of carbonyl (C=O) groups is 1. The highest BCUT2D eigenvalue weighted by Crippen LogP contribution is 2.55. The third-order valence-corrected chi connectivity index (χ3v) is 8.25. The number of rotatable bonds is 8. The second kappa shape index (κ2) is 13.3. The zero-order chi connectivity index (χ0) is 29.5. The van der Waals surface area contributed by atoms with E-state index in [4.69, 9.17) is 0 Å². The van der Waals surface area contributed by atoms with Crippen LogP contribution in [-0.2, 0) is 4.79 Å². The summed E-state index contributed by atoms with van der Waals surface area (Å²) in [5.41, 5.74) is 2.32. The number of amides is 1. The molecule has 0 bridgehead atoms. The maximum absolute atomic E-state index is 14.1. The number of halogens is 3. The van der Waals surface area contributed by atoms with Crippen LogP contribution in [0.1, 0.15) is 45.2 Å². The Morgan fingerprint density at radius 1 is 1.23 bits per heavy atom. The molecule has 216 valence electrons. The van der Waals surface area contributed by atoms with Gasteiger partial charge in [-0.05, 0) is 81.6 Å². The predicted octanol–water partition coefficient (Wildman–Crippen LogP) is 6.66. The van der Waals surface area contributed by atoms with Crippen molar-refractivity contribution in [2.45, 2.75) is 51.0 Å². The molecule has 2 aliphatic rings. The molecule has 0 radical (unpaired) electrons. The maximum Gasteiger partial charge on any atom is 0.248 e. The minimum Gasteiger partial charge on any atom is -0.379 e. The van der Waals surface area contributed by atoms with E-state index in [1.165, 1.54) is 18.3 Å². The van der Waals surface area contributed by atoms with Crippen LogP contribution in [0.15, 0.2) is 73.7 Å². The van der Waals surface area contributed by atoms with Gasteiger partial charge in [0.05, 0.1) is 5.69 Å². The van der Waals surface area contributed by atoms with Gasteiger partial charge in [0.2, 0.25) is 11.8 Å². The molecule has 4 rings (SSSR count). The van der Waals surface area contributed by atoms with Gasteiger partial charge in [-0.25, -0.2) is 13.2 Å². The van der Waals surface area contributed by atoms with E-state index in [9.17, 15) is 18.0 Å². The van der Waals surface area contributed by atoms with Crippen LogP contribution in [0.3, 0.4) is 0 Å². The topological polar surface area (TPSA) is 57.3 Å². The molecule has 2 N–H and O–H groups in total. The van der Waals surface area contributed by atoms with E-state index in [-0.39, 0.29) is 42.3 Å². The number of likely N-dealkylation sites (N-methyl/N-ethyl adjacent to an activating group) is 1. The van der Waals surface area contributed by atoms with Gasteiger partial charge in [-0.2, -0.15) is 0 Å². The van der Waals surface area contributed by atoms with Gasteiger partial charge >= 0.3 is 0 Å². The number of alkyl halides is 2. The molecule has 1 heterocycles. The summed E-state index contributed by atoms with van der Waals surface area (Å²) in [6.45, 7) is 12.5. The highest BCUT2D eigenvalue weighted by Gasteiger charge is 2.59. The fraction of sp³-hybridized carbons (Fsp3) is 0.438. The molecule has 5 nitrogen and oxygen atoms in total.